The van der Waals surface area contributed by atoms with E-state index in [4.69, 9.17) is 14.0 Å². The van der Waals surface area contributed by atoms with Crippen LogP contribution < -0.4 is 14.8 Å². The number of aromatic amines is 1. The third kappa shape index (κ3) is 3.92. The number of anilines is 1. The molecule has 1 amide bonds. The number of nitrogens with zero attached hydrogens (tertiary/aromatic N) is 3. The minimum atomic E-state index is -0.396. The van der Waals surface area contributed by atoms with Crippen molar-refractivity contribution in [3.63, 3.8) is 0 Å². The number of hydrogen-bond donors (Lipinski definition) is 2. The summed E-state index contributed by atoms with van der Waals surface area (Å²) in [4.78, 5) is 17.3. The summed E-state index contributed by atoms with van der Waals surface area (Å²) in [5.41, 5.74) is 2.20. The van der Waals surface area contributed by atoms with E-state index in [9.17, 15) is 4.79 Å². The van der Waals surface area contributed by atoms with Crippen LogP contribution in [0, 0.1) is 0 Å². The number of ether oxygens (including phenoxy) is 2. The van der Waals surface area contributed by atoms with Crippen molar-refractivity contribution in [1.82, 2.24) is 20.3 Å². The third-order valence-corrected chi connectivity index (χ3v) is 5.26. The molecule has 162 valence electrons. The van der Waals surface area contributed by atoms with Crippen LogP contribution in [0.15, 0.2) is 53.1 Å². The molecule has 1 aliphatic rings. The van der Waals surface area contributed by atoms with Crippen molar-refractivity contribution in [2.75, 3.05) is 19.5 Å². The zero-order valence-electron chi connectivity index (χ0n) is 17.6. The van der Waals surface area contributed by atoms with Gasteiger partial charge in [0.05, 0.1) is 19.8 Å². The number of aromatic nitrogens is 4. The van der Waals surface area contributed by atoms with Crippen LogP contribution in [0.3, 0.4) is 0 Å². The van der Waals surface area contributed by atoms with Crippen LogP contribution >= 0.6 is 0 Å². The molecule has 2 aromatic heterocycles. The number of H-pyrrole nitrogens is 1. The molecule has 9 nitrogen and oxygen atoms in total. The highest BCUT2D eigenvalue weighted by Crippen LogP contribution is 2.38. The van der Waals surface area contributed by atoms with Gasteiger partial charge in [0, 0.05) is 23.2 Å². The Bertz CT molecular complexity index is 1270. The van der Waals surface area contributed by atoms with E-state index in [1.54, 1.807) is 44.6 Å². The Balaban J connectivity index is 1.34. The number of hydrogen-bond acceptors (Lipinski definition) is 7. The number of rotatable bonds is 7. The average molecular weight is 431 g/mol. The van der Waals surface area contributed by atoms with Gasteiger partial charge in [-0.2, -0.15) is 5.10 Å². The first kappa shape index (κ1) is 19.8. The summed E-state index contributed by atoms with van der Waals surface area (Å²) in [5.74, 6) is 3.23. The number of amides is 1. The summed E-state index contributed by atoms with van der Waals surface area (Å²) in [6.07, 6.45) is 2.29. The second kappa shape index (κ2) is 8.18. The highest BCUT2D eigenvalue weighted by molar-refractivity contribution is 6.03. The van der Waals surface area contributed by atoms with Crippen molar-refractivity contribution in [1.29, 1.82) is 0 Å². The van der Waals surface area contributed by atoms with E-state index in [2.05, 4.69) is 25.7 Å². The summed E-state index contributed by atoms with van der Waals surface area (Å²) in [7, 11) is 3.13. The quantitative estimate of drug-likeness (QED) is 0.449. The van der Waals surface area contributed by atoms with Crippen molar-refractivity contribution in [2.24, 2.45) is 0 Å². The molecule has 9 heteroatoms. The van der Waals surface area contributed by atoms with Gasteiger partial charge in [-0.1, -0.05) is 17.3 Å². The lowest BCUT2D eigenvalue weighted by atomic mass is 10.1. The predicted molar refractivity (Wildman–Crippen MR) is 117 cm³/mol. The van der Waals surface area contributed by atoms with E-state index in [1.165, 1.54) is 0 Å². The van der Waals surface area contributed by atoms with Gasteiger partial charge in [-0.3, -0.25) is 9.89 Å². The maximum atomic E-state index is 12.8. The summed E-state index contributed by atoms with van der Waals surface area (Å²) in [5, 5.41) is 14.1. The Hall–Kier alpha value is -4.14. The molecule has 1 fully saturated rings. The molecule has 32 heavy (non-hydrogen) atoms. The maximum absolute atomic E-state index is 12.8. The standard InChI is InChI=1S/C23H21N5O4/c1-30-16-8-9-19(31-2)17(11-16)20-12-18(28-32-20)23(29)24-15-5-3-4-14(10-15)22-25-21(26-27-22)13-6-7-13/h3-5,8-13H,6-7H2,1-2H3,(H,24,29)(H,25,26,27). The molecule has 0 atom stereocenters. The van der Waals surface area contributed by atoms with Crippen LogP contribution in [0.25, 0.3) is 22.7 Å². The van der Waals surface area contributed by atoms with E-state index in [0.717, 1.165) is 24.2 Å². The summed E-state index contributed by atoms with van der Waals surface area (Å²) in [6.45, 7) is 0. The molecule has 0 bridgehead atoms. The molecule has 4 aromatic rings. The molecule has 0 spiro atoms. The molecule has 1 aliphatic carbocycles. The van der Waals surface area contributed by atoms with Gasteiger partial charge in [0.15, 0.2) is 17.3 Å². The van der Waals surface area contributed by atoms with Gasteiger partial charge in [-0.25, -0.2) is 4.98 Å². The molecular formula is C23H21N5O4. The second-order valence-electron chi connectivity index (χ2n) is 7.50. The topological polar surface area (TPSA) is 115 Å². The second-order valence-corrected chi connectivity index (χ2v) is 7.50. The molecule has 2 heterocycles. The Morgan fingerprint density at radius 1 is 1.12 bits per heavy atom. The van der Waals surface area contributed by atoms with Crippen molar-refractivity contribution >= 4 is 11.6 Å². The number of carbonyl (C=O) groups excluding carboxylic acids is 1. The van der Waals surface area contributed by atoms with Gasteiger partial charge >= 0.3 is 0 Å². The number of benzene rings is 2. The zero-order chi connectivity index (χ0) is 22.1. The molecule has 0 saturated heterocycles. The molecule has 0 unspecified atom stereocenters. The van der Waals surface area contributed by atoms with Gasteiger partial charge in [0.25, 0.3) is 5.91 Å². The molecule has 1 saturated carbocycles. The molecular weight excluding hydrogens is 410 g/mol. The molecule has 0 radical (unpaired) electrons. The largest absolute Gasteiger partial charge is 0.497 e. The lowest BCUT2D eigenvalue weighted by Crippen LogP contribution is -2.12. The normalized spacial score (nSPS) is 13.1. The van der Waals surface area contributed by atoms with Gasteiger partial charge < -0.3 is 19.3 Å². The van der Waals surface area contributed by atoms with Crippen LogP contribution in [-0.2, 0) is 0 Å². The van der Waals surface area contributed by atoms with Crippen LogP contribution in [0.4, 0.5) is 5.69 Å². The van der Waals surface area contributed by atoms with Gasteiger partial charge in [-0.05, 0) is 43.2 Å². The van der Waals surface area contributed by atoms with E-state index >= 15 is 0 Å². The van der Waals surface area contributed by atoms with E-state index in [1.807, 2.05) is 18.2 Å². The Labute approximate surface area is 183 Å². The minimum Gasteiger partial charge on any atom is -0.497 e. The molecule has 2 aromatic carbocycles. The van der Waals surface area contributed by atoms with Crippen LogP contribution in [0.2, 0.25) is 0 Å². The maximum Gasteiger partial charge on any atom is 0.277 e. The fraction of sp³-hybridized carbons (Fsp3) is 0.217. The monoisotopic (exact) mass is 431 g/mol. The summed E-state index contributed by atoms with van der Waals surface area (Å²) >= 11 is 0. The highest BCUT2D eigenvalue weighted by Gasteiger charge is 2.27. The van der Waals surface area contributed by atoms with Crippen molar-refractivity contribution in [2.45, 2.75) is 18.8 Å². The average Bonchev–Trinajstić information content (AvgIpc) is 3.34. The number of methoxy groups -OCH3 is 2. The van der Waals surface area contributed by atoms with Crippen LogP contribution in [0.1, 0.15) is 35.1 Å². The highest BCUT2D eigenvalue weighted by atomic mass is 16.5. The van der Waals surface area contributed by atoms with E-state index < -0.39 is 5.91 Å². The van der Waals surface area contributed by atoms with Crippen LogP contribution in [-0.4, -0.2) is 40.5 Å². The molecule has 2 N–H and O–H groups in total. The fourth-order valence-corrected chi connectivity index (χ4v) is 3.39. The Morgan fingerprint density at radius 2 is 2.00 bits per heavy atom. The first-order chi connectivity index (χ1) is 15.6. The first-order valence-electron chi connectivity index (χ1n) is 10.2. The number of nitrogens with one attached hydrogen (secondary N) is 2. The van der Waals surface area contributed by atoms with E-state index in [0.29, 0.717) is 40.3 Å². The fourth-order valence-electron chi connectivity index (χ4n) is 3.39. The third-order valence-electron chi connectivity index (χ3n) is 5.26. The first-order valence-corrected chi connectivity index (χ1v) is 10.2. The lowest BCUT2D eigenvalue weighted by molar-refractivity contribution is 0.101. The van der Waals surface area contributed by atoms with Gasteiger partial charge in [-0.15, -0.1) is 0 Å². The van der Waals surface area contributed by atoms with Crippen molar-refractivity contribution in [3.05, 3.63) is 60.0 Å². The summed E-state index contributed by atoms with van der Waals surface area (Å²) in [6, 6.07) is 14.2. The Morgan fingerprint density at radius 3 is 2.78 bits per heavy atom. The van der Waals surface area contributed by atoms with Crippen LogP contribution in [0.5, 0.6) is 11.5 Å². The number of carbonyl (C=O) groups is 1. The molecule has 0 aliphatic heterocycles. The predicted octanol–water partition coefficient (Wildman–Crippen LogP) is 4.27. The smallest absolute Gasteiger partial charge is 0.277 e. The van der Waals surface area contributed by atoms with Crippen molar-refractivity contribution < 1.29 is 18.8 Å². The lowest BCUT2D eigenvalue weighted by Gasteiger charge is -2.07. The minimum absolute atomic E-state index is 0.143. The summed E-state index contributed by atoms with van der Waals surface area (Å²) < 4.78 is 16.1. The van der Waals surface area contributed by atoms with Gasteiger partial charge in [0.1, 0.15) is 17.3 Å². The molecule has 5 rings (SSSR count). The Kier molecular flexibility index (Phi) is 5.06. The van der Waals surface area contributed by atoms with Gasteiger partial charge in [0.2, 0.25) is 0 Å². The van der Waals surface area contributed by atoms with E-state index in [-0.39, 0.29) is 5.69 Å². The van der Waals surface area contributed by atoms with Crippen molar-refractivity contribution in [3.8, 4) is 34.2 Å². The SMILES string of the molecule is COc1ccc(OC)c(-c2cc(C(=O)Nc3cccc(-c4n[nH]c(C5CC5)n4)c3)no2)c1. The zero-order valence-corrected chi connectivity index (χ0v) is 17.6.